The third-order valence-electron chi connectivity index (χ3n) is 4.73. The van der Waals surface area contributed by atoms with Crippen LogP contribution in [0.25, 0.3) is 10.8 Å². The maximum atomic E-state index is 12.8. The molecule has 4 rings (SSSR count). The Morgan fingerprint density at radius 2 is 1.55 bits per heavy atom. The Kier molecular flexibility index (Phi) is 4.94. The number of amides is 1. The topological polar surface area (TPSA) is 67.6 Å². The lowest BCUT2D eigenvalue weighted by molar-refractivity contribution is 0.0965. The van der Waals surface area contributed by atoms with Crippen LogP contribution in [0, 0.1) is 0 Å². The van der Waals surface area contributed by atoms with Gasteiger partial charge in [0.2, 0.25) is 0 Å². The Hall–Kier alpha value is -3.38. The van der Waals surface area contributed by atoms with Crippen molar-refractivity contribution in [3.63, 3.8) is 0 Å². The maximum Gasteiger partial charge on any atom is 0.293 e. The monoisotopic (exact) mass is 405 g/mol. The fraction of sp³-hybridized carbons (Fsp3) is 0.0870. The molecule has 0 radical (unpaired) electrons. The van der Waals surface area contributed by atoms with Crippen LogP contribution in [0.2, 0.25) is 0 Å². The maximum absolute atomic E-state index is 12.8. The number of fused-ring (bicyclic) bond motifs is 1. The van der Waals surface area contributed by atoms with Crippen LogP contribution in [0.3, 0.4) is 0 Å². The van der Waals surface area contributed by atoms with Gasteiger partial charge in [0, 0.05) is 12.7 Å². The predicted molar refractivity (Wildman–Crippen MR) is 113 cm³/mol. The second-order valence-corrected chi connectivity index (χ2v) is 8.72. The molecule has 1 heterocycles. The summed E-state index contributed by atoms with van der Waals surface area (Å²) in [6.45, 7) is 0. The fourth-order valence-corrected chi connectivity index (χ4v) is 4.40. The lowest BCUT2D eigenvalue weighted by Crippen LogP contribution is -2.25. The zero-order valence-corrected chi connectivity index (χ0v) is 16.6. The molecule has 0 saturated heterocycles. The normalized spacial score (nSPS) is 11.5. The van der Waals surface area contributed by atoms with E-state index in [4.69, 9.17) is 4.42 Å². The summed E-state index contributed by atoms with van der Waals surface area (Å²) in [6, 6.07) is 24.9. The highest BCUT2D eigenvalue weighted by atomic mass is 32.2. The molecule has 0 aliphatic heterocycles. The number of nitrogens with zero attached hydrogens (tertiary/aromatic N) is 1. The zero-order chi connectivity index (χ0) is 20.4. The highest BCUT2D eigenvalue weighted by Crippen LogP contribution is 2.24. The van der Waals surface area contributed by atoms with E-state index in [1.165, 1.54) is 29.2 Å². The van der Waals surface area contributed by atoms with E-state index in [1.807, 2.05) is 42.5 Å². The summed E-state index contributed by atoms with van der Waals surface area (Å²) in [4.78, 5) is 14.5. The van der Waals surface area contributed by atoms with Gasteiger partial charge in [-0.2, -0.15) is 0 Å². The summed E-state index contributed by atoms with van der Waals surface area (Å²) in [6.07, 6.45) is 0. The molecule has 0 N–H and O–H groups in total. The summed E-state index contributed by atoms with van der Waals surface area (Å²) in [5, 5.41) is 2.11. The molecule has 4 aromatic rings. The molecule has 3 aromatic carbocycles. The molecule has 0 bridgehead atoms. The standard InChI is InChI=1S/C23H19NO4S/c1-24(19-12-11-17-7-5-6-8-18(17)15-19)23(25)22-14-13-20(28-22)16-29(26,27)21-9-3-2-4-10-21/h2-15H,16H2,1H3. The third-order valence-corrected chi connectivity index (χ3v) is 6.39. The number of benzene rings is 3. The van der Waals surface area contributed by atoms with Crippen molar-refractivity contribution >= 4 is 32.2 Å². The van der Waals surface area contributed by atoms with Crippen molar-refractivity contribution in [3.05, 3.63) is 96.4 Å². The summed E-state index contributed by atoms with van der Waals surface area (Å²) in [5.74, 6) is -0.323. The SMILES string of the molecule is CN(C(=O)c1ccc(CS(=O)(=O)c2ccccc2)o1)c1ccc2ccccc2c1. The summed E-state index contributed by atoms with van der Waals surface area (Å²) >= 11 is 0. The second-order valence-electron chi connectivity index (χ2n) is 6.73. The Labute approximate surface area is 169 Å². The van der Waals surface area contributed by atoms with Gasteiger partial charge < -0.3 is 9.32 Å². The first-order valence-electron chi connectivity index (χ1n) is 9.07. The van der Waals surface area contributed by atoms with Crippen LogP contribution in [0.1, 0.15) is 16.3 Å². The molecule has 0 atom stereocenters. The minimum atomic E-state index is -3.54. The lowest BCUT2D eigenvalue weighted by atomic mass is 10.1. The van der Waals surface area contributed by atoms with Crippen molar-refractivity contribution in [1.29, 1.82) is 0 Å². The van der Waals surface area contributed by atoms with Crippen LogP contribution in [0.4, 0.5) is 5.69 Å². The average Bonchev–Trinajstić information content (AvgIpc) is 3.20. The number of hydrogen-bond acceptors (Lipinski definition) is 4. The number of carbonyl (C=O) groups is 1. The minimum Gasteiger partial charge on any atom is -0.455 e. The Morgan fingerprint density at radius 1 is 0.862 bits per heavy atom. The van der Waals surface area contributed by atoms with E-state index in [-0.39, 0.29) is 28.1 Å². The van der Waals surface area contributed by atoms with Gasteiger partial charge in [0.15, 0.2) is 15.6 Å². The first-order chi connectivity index (χ1) is 13.9. The predicted octanol–water partition coefficient (Wildman–Crippen LogP) is 4.68. The number of anilines is 1. The van der Waals surface area contributed by atoms with Crippen LogP contribution in [0.15, 0.2) is 94.2 Å². The molecule has 1 aromatic heterocycles. The van der Waals surface area contributed by atoms with Crippen LogP contribution >= 0.6 is 0 Å². The molecule has 146 valence electrons. The lowest BCUT2D eigenvalue weighted by Gasteiger charge is -2.16. The van der Waals surface area contributed by atoms with Gasteiger partial charge in [-0.15, -0.1) is 0 Å². The molecule has 0 unspecified atom stereocenters. The van der Waals surface area contributed by atoms with E-state index in [2.05, 4.69) is 0 Å². The Morgan fingerprint density at radius 3 is 2.31 bits per heavy atom. The smallest absolute Gasteiger partial charge is 0.293 e. The van der Waals surface area contributed by atoms with Gasteiger partial charge in [-0.3, -0.25) is 4.79 Å². The molecule has 29 heavy (non-hydrogen) atoms. The zero-order valence-electron chi connectivity index (χ0n) is 15.8. The van der Waals surface area contributed by atoms with E-state index in [1.54, 1.807) is 25.2 Å². The minimum absolute atomic E-state index is 0.0962. The quantitative estimate of drug-likeness (QED) is 0.483. The van der Waals surface area contributed by atoms with E-state index in [0.29, 0.717) is 0 Å². The van der Waals surface area contributed by atoms with Gasteiger partial charge in [0.25, 0.3) is 5.91 Å². The number of hydrogen-bond donors (Lipinski definition) is 0. The highest BCUT2D eigenvalue weighted by molar-refractivity contribution is 7.90. The molecule has 0 fully saturated rings. The number of carbonyl (C=O) groups excluding carboxylic acids is 1. The summed E-state index contributed by atoms with van der Waals surface area (Å²) in [7, 11) is -1.88. The van der Waals surface area contributed by atoms with E-state index < -0.39 is 9.84 Å². The second kappa shape index (κ2) is 7.56. The van der Waals surface area contributed by atoms with Crippen molar-refractivity contribution in [2.45, 2.75) is 10.6 Å². The molecule has 6 heteroatoms. The van der Waals surface area contributed by atoms with E-state index >= 15 is 0 Å². The fourth-order valence-electron chi connectivity index (χ4n) is 3.14. The number of rotatable bonds is 5. The Bertz CT molecular complexity index is 1280. The molecule has 0 saturated carbocycles. The van der Waals surface area contributed by atoms with Gasteiger partial charge in [0.1, 0.15) is 11.5 Å². The summed E-state index contributed by atoms with van der Waals surface area (Å²) < 4.78 is 30.6. The third kappa shape index (κ3) is 3.93. The van der Waals surface area contributed by atoms with Gasteiger partial charge in [-0.25, -0.2) is 8.42 Å². The Balaban J connectivity index is 1.54. The van der Waals surface area contributed by atoms with Crippen molar-refractivity contribution < 1.29 is 17.6 Å². The number of furan rings is 1. The van der Waals surface area contributed by atoms with Gasteiger partial charge in [-0.1, -0.05) is 48.5 Å². The molecule has 0 spiro atoms. The van der Waals surface area contributed by atoms with Gasteiger partial charge >= 0.3 is 0 Å². The largest absolute Gasteiger partial charge is 0.455 e. The molecular formula is C23H19NO4S. The van der Waals surface area contributed by atoms with Crippen LogP contribution < -0.4 is 4.90 Å². The molecule has 5 nitrogen and oxygen atoms in total. The van der Waals surface area contributed by atoms with E-state index in [0.717, 1.165) is 16.5 Å². The van der Waals surface area contributed by atoms with Crippen LogP contribution in [0.5, 0.6) is 0 Å². The van der Waals surface area contributed by atoms with Crippen molar-refractivity contribution in [3.8, 4) is 0 Å². The van der Waals surface area contributed by atoms with Crippen molar-refractivity contribution in [2.24, 2.45) is 0 Å². The van der Waals surface area contributed by atoms with Crippen molar-refractivity contribution in [2.75, 3.05) is 11.9 Å². The summed E-state index contributed by atoms with van der Waals surface area (Å²) in [5.41, 5.74) is 0.726. The molecule has 0 aliphatic carbocycles. The van der Waals surface area contributed by atoms with E-state index in [9.17, 15) is 13.2 Å². The number of sulfone groups is 1. The molecular weight excluding hydrogens is 386 g/mol. The highest BCUT2D eigenvalue weighted by Gasteiger charge is 2.21. The molecule has 1 amide bonds. The molecule has 0 aliphatic rings. The van der Waals surface area contributed by atoms with Crippen LogP contribution in [-0.2, 0) is 15.6 Å². The van der Waals surface area contributed by atoms with Crippen molar-refractivity contribution in [1.82, 2.24) is 0 Å². The first kappa shape index (κ1) is 19.0. The first-order valence-corrected chi connectivity index (χ1v) is 10.7. The average molecular weight is 405 g/mol. The van der Waals surface area contributed by atoms with Gasteiger partial charge in [-0.05, 0) is 47.2 Å². The van der Waals surface area contributed by atoms with Crippen LogP contribution in [-0.4, -0.2) is 21.4 Å². The van der Waals surface area contributed by atoms with Gasteiger partial charge in [0.05, 0.1) is 4.90 Å².